The highest BCUT2D eigenvalue weighted by atomic mass is 15.2. The van der Waals surface area contributed by atoms with Crippen molar-refractivity contribution in [3.8, 4) is 11.4 Å². The number of hydrogen-bond acceptors (Lipinski definition) is 4. The molecule has 0 unspecified atom stereocenters. The molecule has 0 saturated carbocycles. The Bertz CT molecular complexity index is 4850. The predicted molar refractivity (Wildman–Crippen MR) is 363 cm³/mol. The minimum absolute atomic E-state index is 0.0218. The first-order chi connectivity index (χ1) is 42.7. The zero-order valence-corrected chi connectivity index (χ0v) is 46.7. The highest BCUT2D eigenvalue weighted by Gasteiger charge is 2.45. The Morgan fingerprint density at radius 1 is 0.244 bits per heavy atom. The van der Waals surface area contributed by atoms with Crippen LogP contribution in [0.1, 0.15) is 0 Å². The van der Waals surface area contributed by atoms with E-state index in [4.69, 9.17) is 0 Å². The van der Waals surface area contributed by atoms with Gasteiger partial charge in [0.1, 0.15) is 0 Å². The van der Waals surface area contributed by atoms with Crippen molar-refractivity contribution in [2.45, 2.75) is 0 Å². The molecule has 0 amide bonds. The summed E-state index contributed by atoms with van der Waals surface area (Å²) >= 11 is 0. The van der Waals surface area contributed by atoms with E-state index in [0.717, 1.165) is 45.5 Å². The Morgan fingerprint density at radius 2 is 0.581 bits per heavy atom. The summed E-state index contributed by atoms with van der Waals surface area (Å²) in [5.74, 6) is 0. The van der Waals surface area contributed by atoms with Gasteiger partial charge in [0.25, 0.3) is 13.4 Å². The topological polar surface area (TPSA) is 22.8 Å². The fourth-order valence-electron chi connectivity index (χ4n) is 15.5. The van der Waals surface area contributed by atoms with Crippen LogP contribution in [0.2, 0.25) is 0 Å². The van der Waals surface area contributed by atoms with E-state index in [1.807, 2.05) is 0 Å². The van der Waals surface area contributed by atoms with Gasteiger partial charge in [0.2, 0.25) is 0 Å². The van der Waals surface area contributed by atoms with E-state index in [-0.39, 0.29) is 13.4 Å². The lowest BCUT2D eigenvalue weighted by Crippen LogP contribution is -2.60. The minimum atomic E-state index is -0.0218. The van der Waals surface area contributed by atoms with Gasteiger partial charge in [-0.05, 0) is 166 Å². The van der Waals surface area contributed by atoms with Crippen LogP contribution in [0.3, 0.4) is 0 Å². The van der Waals surface area contributed by atoms with E-state index in [9.17, 15) is 0 Å². The van der Waals surface area contributed by atoms with E-state index in [1.165, 1.54) is 111 Å². The number of para-hydroxylation sites is 8. The normalized spacial score (nSPS) is 13.0. The van der Waals surface area contributed by atoms with Gasteiger partial charge in [0.15, 0.2) is 0 Å². The summed E-state index contributed by atoms with van der Waals surface area (Å²) in [6.45, 7) is -0.0437. The molecule has 0 saturated heterocycles. The van der Waals surface area contributed by atoms with Crippen LogP contribution in [0.25, 0.3) is 55.0 Å². The van der Waals surface area contributed by atoms with Crippen molar-refractivity contribution in [3.63, 3.8) is 0 Å². The number of hydrogen-bond donors (Lipinski definition) is 0. The molecule has 0 fully saturated rings. The van der Waals surface area contributed by atoms with Crippen LogP contribution in [0.4, 0.5) is 68.2 Å². The third-order valence-corrected chi connectivity index (χ3v) is 18.8. The van der Waals surface area contributed by atoms with Crippen molar-refractivity contribution in [3.05, 3.63) is 303 Å². The maximum absolute atomic E-state index is 2.61. The molecule has 0 radical (unpaired) electrons. The molecule has 86 heavy (non-hydrogen) atoms. The van der Waals surface area contributed by atoms with E-state index < -0.39 is 0 Å². The number of aromatic nitrogens is 2. The summed E-state index contributed by atoms with van der Waals surface area (Å²) < 4.78 is 5.22. The summed E-state index contributed by atoms with van der Waals surface area (Å²) in [7, 11) is 0. The van der Waals surface area contributed by atoms with Gasteiger partial charge in [0, 0.05) is 112 Å². The monoisotopic (exact) mass is 1090 g/mol. The van der Waals surface area contributed by atoms with Crippen LogP contribution in [0.15, 0.2) is 303 Å². The summed E-state index contributed by atoms with van der Waals surface area (Å²) in [6, 6.07) is 112. The largest absolute Gasteiger partial charge is 0.311 e. The molecule has 0 atom stereocenters. The molecule has 8 heteroatoms. The van der Waals surface area contributed by atoms with Gasteiger partial charge in [-0.25, -0.2) is 0 Å². The first-order valence-electron chi connectivity index (χ1n) is 29.8. The highest BCUT2D eigenvalue weighted by Crippen LogP contribution is 2.49. The molecule has 4 aliphatic rings. The predicted octanol–water partition coefficient (Wildman–Crippen LogP) is 16.0. The lowest BCUT2D eigenvalue weighted by Gasteiger charge is -2.41. The number of benzene rings is 13. The molecule has 0 bridgehead atoms. The molecule has 15 aromatic rings. The van der Waals surface area contributed by atoms with Crippen LogP contribution >= 0.6 is 0 Å². The Morgan fingerprint density at radius 3 is 0.953 bits per heavy atom. The fourth-order valence-corrected chi connectivity index (χ4v) is 15.5. The molecule has 19 rings (SSSR count). The van der Waals surface area contributed by atoms with Crippen LogP contribution in [-0.4, -0.2) is 22.6 Å². The van der Waals surface area contributed by atoms with E-state index in [1.54, 1.807) is 0 Å². The highest BCUT2D eigenvalue weighted by molar-refractivity contribution is 7.01. The number of fused-ring (bicyclic) bond motifs is 15. The number of nitrogens with zero attached hydrogens (tertiary/aromatic N) is 6. The first kappa shape index (κ1) is 47.3. The molecule has 13 aromatic carbocycles. The molecule has 0 N–H and O–H groups in total. The summed E-state index contributed by atoms with van der Waals surface area (Å²) in [5, 5.41) is 5.12. The molecular weight excluding hydrogens is 1040 g/mol. The van der Waals surface area contributed by atoms with Gasteiger partial charge in [-0.1, -0.05) is 170 Å². The standard InChI is InChI=1S/C78H50B2N6/c1-7-23-51(24-8-1)81(52-25-9-2-10-26-52)57-43-45-61-71(49-57)83(55-31-15-5-16-32-55)67-39-21-41-69-75(67)79(61)63-37-19-35-59-73-65(85(69)77(59)63)47-48-66-74(73)60-36-20-38-64-78(60)86(66)70-42-22-40-68-76(70)80(64)62-46-44-58(50-72(62)84(68)56-33-17-6-18-34-56)82(53-27-11-3-12-28-53)54-29-13-4-14-30-54/h1-50H. The number of anilines is 12. The lowest BCUT2D eigenvalue weighted by atomic mass is 9.34. The van der Waals surface area contributed by atoms with Crippen LogP contribution in [0.5, 0.6) is 0 Å². The zero-order valence-electron chi connectivity index (χ0n) is 46.7. The maximum Gasteiger partial charge on any atom is 0.252 e. The Labute approximate surface area is 498 Å². The van der Waals surface area contributed by atoms with Crippen LogP contribution in [0, 0.1) is 0 Å². The lowest BCUT2D eigenvalue weighted by molar-refractivity contribution is 1.17. The Hall–Kier alpha value is -11.2. The second-order valence-electron chi connectivity index (χ2n) is 23.1. The molecular formula is C78H50B2N6. The quantitative estimate of drug-likeness (QED) is 0.141. The van der Waals surface area contributed by atoms with E-state index >= 15 is 0 Å². The van der Waals surface area contributed by atoms with Crippen LogP contribution in [-0.2, 0) is 0 Å². The van der Waals surface area contributed by atoms with Gasteiger partial charge in [-0.2, -0.15) is 0 Å². The molecule has 0 aliphatic carbocycles. The van der Waals surface area contributed by atoms with Crippen molar-refractivity contribution in [1.29, 1.82) is 0 Å². The second-order valence-corrected chi connectivity index (χ2v) is 23.1. The Kier molecular flexibility index (Phi) is 9.98. The van der Waals surface area contributed by atoms with Gasteiger partial charge in [0.05, 0.1) is 11.0 Å². The summed E-state index contributed by atoms with van der Waals surface area (Å²) in [6.07, 6.45) is 0. The molecule has 398 valence electrons. The van der Waals surface area contributed by atoms with Gasteiger partial charge < -0.3 is 28.7 Å². The zero-order chi connectivity index (χ0) is 56.1. The van der Waals surface area contributed by atoms with Gasteiger partial charge >= 0.3 is 0 Å². The molecule has 0 spiro atoms. The van der Waals surface area contributed by atoms with Crippen molar-refractivity contribution in [2.24, 2.45) is 0 Å². The SMILES string of the molecule is c1ccc(N(c2ccccc2)c2ccc3c(c2)N(c2ccccc2)c2cccc4c2B3c2cccc3c5c6c7cccc8c7n(c6ccc5n-4c23)-c2cccc3c2B8c2ccc(N(c4ccccc4)c4ccccc4)cc2N3c2ccccc2)cc1. The van der Waals surface area contributed by atoms with Gasteiger partial charge in [-0.3, -0.25) is 0 Å². The molecule has 4 aliphatic heterocycles. The third kappa shape index (κ3) is 6.52. The summed E-state index contributed by atoms with van der Waals surface area (Å²) in [4.78, 5) is 9.78. The molecule has 2 aromatic heterocycles. The van der Waals surface area contributed by atoms with Gasteiger partial charge in [-0.15, -0.1) is 0 Å². The summed E-state index contributed by atoms with van der Waals surface area (Å²) in [5.41, 5.74) is 28.9. The fraction of sp³-hybridized carbons (Fsp3) is 0. The maximum atomic E-state index is 2.61. The Balaban J connectivity index is 0.848. The smallest absolute Gasteiger partial charge is 0.252 e. The average Bonchev–Trinajstić information content (AvgIpc) is 1.47. The minimum Gasteiger partial charge on any atom is -0.311 e. The molecule has 6 heterocycles. The second kappa shape index (κ2) is 18.1. The van der Waals surface area contributed by atoms with Crippen molar-refractivity contribution in [1.82, 2.24) is 9.13 Å². The average molecular weight is 1090 g/mol. The third-order valence-electron chi connectivity index (χ3n) is 18.8. The first-order valence-corrected chi connectivity index (χ1v) is 29.8. The van der Waals surface area contributed by atoms with E-state index in [0.29, 0.717) is 0 Å². The van der Waals surface area contributed by atoms with Crippen molar-refractivity contribution >= 4 is 158 Å². The van der Waals surface area contributed by atoms with E-state index in [2.05, 4.69) is 332 Å². The molecule has 6 nitrogen and oxygen atoms in total. The van der Waals surface area contributed by atoms with Crippen molar-refractivity contribution < 1.29 is 0 Å². The van der Waals surface area contributed by atoms with Crippen molar-refractivity contribution in [2.75, 3.05) is 19.6 Å². The van der Waals surface area contributed by atoms with Crippen LogP contribution < -0.4 is 52.4 Å². The number of rotatable bonds is 8.